The highest BCUT2D eigenvalue weighted by molar-refractivity contribution is 5.91. The third-order valence-corrected chi connectivity index (χ3v) is 5.22. The summed E-state index contributed by atoms with van der Waals surface area (Å²) in [5.74, 6) is -1.36. The number of carboxylic acids is 1. The average molecular weight is 442 g/mol. The standard InChI is InChI=1S/C17H20N4O3.C2HF3O2/c1-12-4-5-15(20-19-12)21-7-13-8-23-11-17(13,10-21)9-18-16(22)14-3-2-6-24-14;3-2(4,5)1(6)7/h2-6,13H,7-11H2,1H3,(H,18,22);(H,6,7)/t13-,17+;/m1./s1. The third-order valence-electron chi connectivity index (χ3n) is 5.22. The van der Waals surface area contributed by atoms with E-state index in [0.717, 1.165) is 24.6 Å². The van der Waals surface area contributed by atoms with Crippen LogP contribution in [0.15, 0.2) is 34.9 Å². The van der Waals surface area contributed by atoms with Gasteiger partial charge in [-0.1, -0.05) is 0 Å². The van der Waals surface area contributed by atoms with Gasteiger partial charge in [0, 0.05) is 31.0 Å². The molecule has 0 radical (unpaired) electrons. The molecule has 0 unspecified atom stereocenters. The molecule has 168 valence electrons. The molecule has 9 nitrogen and oxygen atoms in total. The van der Waals surface area contributed by atoms with Crippen LogP contribution < -0.4 is 10.2 Å². The predicted octanol–water partition coefficient (Wildman–Crippen LogP) is 1.89. The first-order chi connectivity index (χ1) is 14.6. The van der Waals surface area contributed by atoms with Crippen molar-refractivity contribution in [3.63, 3.8) is 0 Å². The van der Waals surface area contributed by atoms with E-state index in [4.69, 9.17) is 19.1 Å². The number of rotatable bonds is 4. The number of aryl methyl sites for hydroxylation is 1. The van der Waals surface area contributed by atoms with Gasteiger partial charge in [-0.25, -0.2) is 4.79 Å². The van der Waals surface area contributed by atoms with Crippen molar-refractivity contribution in [1.82, 2.24) is 15.5 Å². The van der Waals surface area contributed by atoms with Crippen LogP contribution in [0.2, 0.25) is 0 Å². The number of aromatic nitrogens is 2. The van der Waals surface area contributed by atoms with Crippen molar-refractivity contribution < 1.29 is 37.0 Å². The number of aliphatic carboxylic acids is 1. The van der Waals surface area contributed by atoms with Crippen LogP contribution in [0.4, 0.5) is 19.0 Å². The maximum atomic E-state index is 12.2. The topological polar surface area (TPSA) is 118 Å². The minimum absolute atomic E-state index is 0.0885. The van der Waals surface area contributed by atoms with Gasteiger partial charge in [-0.2, -0.15) is 18.3 Å². The molecule has 0 saturated carbocycles. The predicted molar refractivity (Wildman–Crippen MR) is 100 cm³/mol. The van der Waals surface area contributed by atoms with Crippen LogP contribution in [0.25, 0.3) is 0 Å². The molecule has 12 heteroatoms. The van der Waals surface area contributed by atoms with Crippen molar-refractivity contribution in [2.75, 3.05) is 37.7 Å². The fraction of sp³-hybridized carbons (Fsp3) is 0.474. The van der Waals surface area contributed by atoms with Crippen molar-refractivity contribution in [3.8, 4) is 0 Å². The smallest absolute Gasteiger partial charge is 0.475 e. The summed E-state index contributed by atoms with van der Waals surface area (Å²) in [7, 11) is 0. The molecule has 2 aromatic heterocycles. The lowest BCUT2D eigenvalue weighted by atomic mass is 9.81. The van der Waals surface area contributed by atoms with Crippen LogP contribution in [0.3, 0.4) is 0 Å². The summed E-state index contributed by atoms with van der Waals surface area (Å²) in [6.07, 6.45) is -3.58. The molecule has 2 fully saturated rings. The van der Waals surface area contributed by atoms with Crippen LogP contribution in [0, 0.1) is 18.3 Å². The lowest BCUT2D eigenvalue weighted by Gasteiger charge is -2.27. The van der Waals surface area contributed by atoms with E-state index in [-0.39, 0.29) is 11.3 Å². The van der Waals surface area contributed by atoms with Crippen molar-refractivity contribution in [2.24, 2.45) is 11.3 Å². The zero-order chi connectivity index (χ0) is 22.6. The number of hydrogen-bond donors (Lipinski definition) is 2. The van der Waals surface area contributed by atoms with Crippen LogP contribution in [0.1, 0.15) is 16.2 Å². The van der Waals surface area contributed by atoms with E-state index < -0.39 is 12.1 Å². The second kappa shape index (κ2) is 8.92. The Kier molecular flexibility index (Phi) is 6.48. The summed E-state index contributed by atoms with van der Waals surface area (Å²) >= 11 is 0. The van der Waals surface area contributed by atoms with Gasteiger partial charge in [-0.05, 0) is 31.2 Å². The number of amides is 1. The van der Waals surface area contributed by atoms with Gasteiger partial charge in [0.2, 0.25) is 0 Å². The summed E-state index contributed by atoms with van der Waals surface area (Å²) in [5, 5.41) is 18.6. The van der Waals surface area contributed by atoms with Gasteiger partial charge in [-0.3, -0.25) is 4.79 Å². The number of carbonyl (C=O) groups is 2. The van der Waals surface area contributed by atoms with Crippen molar-refractivity contribution in [2.45, 2.75) is 13.1 Å². The maximum absolute atomic E-state index is 12.2. The number of carboxylic acid groups (broad SMARTS) is 1. The summed E-state index contributed by atoms with van der Waals surface area (Å²) in [4.78, 5) is 23.3. The zero-order valence-corrected chi connectivity index (χ0v) is 16.6. The van der Waals surface area contributed by atoms with Crippen molar-refractivity contribution in [3.05, 3.63) is 42.0 Å². The van der Waals surface area contributed by atoms with Gasteiger partial charge in [0.1, 0.15) is 0 Å². The van der Waals surface area contributed by atoms with Crippen molar-refractivity contribution >= 4 is 17.7 Å². The Morgan fingerprint density at radius 3 is 2.65 bits per heavy atom. The van der Waals surface area contributed by atoms with Gasteiger partial charge in [0.15, 0.2) is 11.6 Å². The minimum atomic E-state index is -5.08. The highest BCUT2D eigenvalue weighted by atomic mass is 19.4. The van der Waals surface area contributed by atoms with Gasteiger partial charge < -0.3 is 24.5 Å². The Balaban J connectivity index is 0.000000339. The van der Waals surface area contributed by atoms with E-state index in [0.29, 0.717) is 31.4 Å². The Morgan fingerprint density at radius 2 is 2.06 bits per heavy atom. The second-order valence-electron chi connectivity index (χ2n) is 7.45. The Hall–Kier alpha value is -3.15. The fourth-order valence-electron chi connectivity index (χ4n) is 3.57. The molecule has 4 rings (SSSR count). The number of furan rings is 1. The Labute approximate surface area is 175 Å². The third kappa shape index (κ3) is 5.32. The lowest BCUT2D eigenvalue weighted by Crippen LogP contribution is -2.43. The monoisotopic (exact) mass is 442 g/mol. The molecule has 0 aliphatic carbocycles. The van der Waals surface area contributed by atoms with Gasteiger partial charge in [-0.15, -0.1) is 5.10 Å². The molecular weight excluding hydrogens is 421 g/mol. The normalized spacial score (nSPS) is 22.5. The number of nitrogens with zero attached hydrogens (tertiary/aromatic N) is 3. The molecule has 1 amide bonds. The molecule has 0 spiro atoms. The number of fused-ring (bicyclic) bond motifs is 1. The molecule has 2 N–H and O–H groups in total. The fourth-order valence-corrected chi connectivity index (χ4v) is 3.57. The average Bonchev–Trinajstić information content (AvgIpc) is 3.42. The molecule has 2 aliphatic rings. The minimum Gasteiger partial charge on any atom is -0.475 e. The van der Waals surface area contributed by atoms with Crippen molar-refractivity contribution in [1.29, 1.82) is 0 Å². The van der Waals surface area contributed by atoms with Crippen LogP contribution in [-0.4, -0.2) is 66.2 Å². The SMILES string of the molecule is Cc1ccc(N2C[C@@H]3COC[C@]3(CNC(=O)c3ccco3)C2)nn1.O=C(O)C(F)(F)F. The van der Waals surface area contributed by atoms with E-state index in [2.05, 4.69) is 20.4 Å². The molecular formula is C19H21F3N4O5. The molecule has 0 aromatic carbocycles. The Bertz CT molecular complexity index is 904. The van der Waals surface area contributed by atoms with E-state index in [1.807, 2.05) is 19.1 Å². The largest absolute Gasteiger partial charge is 0.490 e. The maximum Gasteiger partial charge on any atom is 0.490 e. The first kappa shape index (κ1) is 22.5. The lowest BCUT2D eigenvalue weighted by molar-refractivity contribution is -0.192. The number of anilines is 1. The van der Waals surface area contributed by atoms with E-state index in [9.17, 15) is 18.0 Å². The molecule has 0 bridgehead atoms. The van der Waals surface area contributed by atoms with Gasteiger partial charge >= 0.3 is 12.1 Å². The number of nitrogens with one attached hydrogen (secondary N) is 1. The number of ether oxygens (including phenoxy) is 1. The van der Waals surface area contributed by atoms with Gasteiger partial charge in [0.05, 0.1) is 25.2 Å². The van der Waals surface area contributed by atoms with E-state index in [1.54, 1.807) is 12.1 Å². The summed E-state index contributed by atoms with van der Waals surface area (Å²) in [5.41, 5.74) is 0.816. The zero-order valence-electron chi connectivity index (χ0n) is 16.6. The van der Waals surface area contributed by atoms with Crippen LogP contribution in [-0.2, 0) is 9.53 Å². The number of halogens is 3. The molecule has 2 atom stereocenters. The summed E-state index contributed by atoms with van der Waals surface area (Å²) in [6.45, 7) is 5.52. The van der Waals surface area contributed by atoms with Crippen LogP contribution >= 0.6 is 0 Å². The number of hydrogen-bond acceptors (Lipinski definition) is 7. The summed E-state index contributed by atoms with van der Waals surface area (Å²) in [6, 6.07) is 7.35. The first-order valence-electron chi connectivity index (χ1n) is 9.35. The molecule has 31 heavy (non-hydrogen) atoms. The molecule has 2 aromatic rings. The van der Waals surface area contributed by atoms with Gasteiger partial charge in [0.25, 0.3) is 5.91 Å². The molecule has 2 saturated heterocycles. The Morgan fingerprint density at radius 1 is 1.32 bits per heavy atom. The van der Waals surface area contributed by atoms with E-state index in [1.165, 1.54) is 6.26 Å². The molecule has 2 aliphatic heterocycles. The second-order valence-corrected chi connectivity index (χ2v) is 7.45. The first-order valence-corrected chi connectivity index (χ1v) is 9.35. The highest BCUT2D eigenvalue weighted by Crippen LogP contribution is 2.42. The van der Waals surface area contributed by atoms with E-state index >= 15 is 0 Å². The summed E-state index contributed by atoms with van der Waals surface area (Å²) < 4.78 is 42.6. The van der Waals surface area contributed by atoms with Crippen LogP contribution in [0.5, 0.6) is 0 Å². The quantitative estimate of drug-likeness (QED) is 0.737. The molecule has 4 heterocycles. The number of alkyl halides is 3. The highest BCUT2D eigenvalue weighted by Gasteiger charge is 2.51. The number of carbonyl (C=O) groups excluding carboxylic acids is 1.